The fraction of sp³-hybridized carbons (Fsp3) is 0.760. The van der Waals surface area contributed by atoms with Gasteiger partial charge in [-0.2, -0.15) is 0 Å². The third-order valence-electron chi connectivity index (χ3n) is 8.04. The van der Waals surface area contributed by atoms with Crippen LogP contribution in [0.5, 0.6) is 0 Å². The molecule has 0 bridgehead atoms. The van der Waals surface area contributed by atoms with E-state index in [2.05, 4.69) is 28.2 Å². The average Bonchev–Trinajstić information content (AvgIpc) is 3.27. The summed E-state index contributed by atoms with van der Waals surface area (Å²) in [7, 11) is 0. The Balaban J connectivity index is 1.37. The van der Waals surface area contributed by atoms with Gasteiger partial charge in [-0.25, -0.2) is 0 Å². The number of piperidine rings is 1. The fourth-order valence-corrected chi connectivity index (χ4v) is 6.39. The van der Waals surface area contributed by atoms with Crippen molar-refractivity contribution in [3.8, 4) is 0 Å². The van der Waals surface area contributed by atoms with Crippen molar-refractivity contribution in [1.82, 2.24) is 21.3 Å². The molecule has 0 aromatic rings. The van der Waals surface area contributed by atoms with E-state index in [1.807, 2.05) is 6.92 Å². The second-order valence-electron chi connectivity index (χ2n) is 10.3. The Morgan fingerprint density at radius 3 is 2.38 bits per heavy atom. The Kier molecular flexibility index (Phi) is 6.19. The van der Waals surface area contributed by atoms with Gasteiger partial charge < -0.3 is 20.7 Å². The number of nitrogens with zero attached hydrogens (tertiary/aromatic N) is 1. The van der Waals surface area contributed by atoms with Gasteiger partial charge in [-0.15, -0.1) is 0 Å². The van der Waals surface area contributed by atoms with Gasteiger partial charge in [-0.3, -0.25) is 15.1 Å². The maximum atomic E-state index is 12.6. The zero-order chi connectivity index (χ0) is 22.1. The summed E-state index contributed by atoms with van der Waals surface area (Å²) >= 11 is 0. The molecule has 4 N–H and O–H groups in total. The standard InChI is InChI=1S/C25H39N5O2/c1-16-13-21(31)19(15-32-16)23-27-20-14-22-25(29-17(2)26-22,30-24(20)28-23)18-11-9-7-5-3-4-6-8-10-12-18/h13,18,20,22,24,27-28,30H,3-12,14-15H2,1-2H3,(H,26,29). The van der Waals surface area contributed by atoms with Crippen molar-refractivity contribution in [3.05, 3.63) is 23.2 Å². The maximum absolute atomic E-state index is 12.6. The Morgan fingerprint density at radius 1 is 1.00 bits per heavy atom. The van der Waals surface area contributed by atoms with Crippen molar-refractivity contribution in [3.63, 3.8) is 0 Å². The lowest BCUT2D eigenvalue weighted by Gasteiger charge is -2.49. The van der Waals surface area contributed by atoms with E-state index in [9.17, 15) is 4.79 Å². The third kappa shape index (κ3) is 4.16. The van der Waals surface area contributed by atoms with E-state index in [1.165, 1.54) is 64.2 Å². The number of aliphatic imine (C=N–C) groups is 1. The first kappa shape index (κ1) is 21.8. The van der Waals surface area contributed by atoms with Crippen molar-refractivity contribution in [1.29, 1.82) is 0 Å². The molecule has 0 amide bonds. The zero-order valence-electron chi connectivity index (χ0n) is 19.6. The molecule has 4 unspecified atom stereocenters. The molecular weight excluding hydrogens is 402 g/mol. The summed E-state index contributed by atoms with van der Waals surface area (Å²) in [6.45, 7) is 4.25. The Bertz CT molecular complexity index is 822. The van der Waals surface area contributed by atoms with Crippen LogP contribution in [0.3, 0.4) is 0 Å². The number of allylic oxidation sites excluding steroid dienone is 2. The Labute approximate surface area is 191 Å². The highest BCUT2D eigenvalue weighted by Crippen LogP contribution is 2.40. The monoisotopic (exact) mass is 441 g/mol. The molecule has 0 aromatic heterocycles. The molecule has 176 valence electrons. The largest absolute Gasteiger partial charge is 0.493 e. The van der Waals surface area contributed by atoms with Gasteiger partial charge in [0.1, 0.15) is 24.3 Å². The highest BCUT2D eigenvalue weighted by atomic mass is 16.5. The maximum Gasteiger partial charge on any atom is 0.192 e. The molecule has 4 aliphatic heterocycles. The van der Waals surface area contributed by atoms with E-state index in [1.54, 1.807) is 6.08 Å². The minimum atomic E-state index is -0.197. The van der Waals surface area contributed by atoms with Crippen LogP contribution in [0.25, 0.3) is 0 Å². The molecule has 1 aliphatic carbocycles. The van der Waals surface area contributed by atoms with Crippen molar-refractivity contribution in [2.45, 2.75) is 108 Å². The lowest BCUT2D eigenvalue weighted by molar-refractivity contribution is -0.112. The number of carbonyl (C=O) groups is 1. The predicted molar refractivity (Wildman–Crippen MR) is 126 cm³/mol. The summed E-state index contributed by atoms with van der Waals surface area (Å²) in [5, 5.41) is 15.0. The zero-order valence-corrected chi connectivity index (χ0v) is 19.6. The average molecular weight is 442 g/mol. The third-order valence-corrected chi connectivity index (χ3v) is 8.04. The molecule has 3 fully saturated rings. The normalized spacial score (nSPS) is 38.7. The fourth-order valence-electron chi connectivity index (χ4n) is 6.39. The van der Waals surface area contributed by atoms with E-state index in [4.69, 9.17) is 9.73 Å². The van der Waals surface area contributed by atoms with Crippen LogP contribution in [0.4, 0.5) is 0 Å². The summed E-state index contributed by atoms with van der Waals surface area (Å²) in [4.78, 5) is 17.6. The van der Waals surface area contributed by atoms with Crippen molar-refractivity contribution in [2.75, 3.05) is 6.61 Å². The smallest absolute Gasteiger partial charge is 0.192 e. The minimum absolute atomic E-state index is 0.0349. The van der Waals surface area contributed by atoms with Gasteiger partial charge in [-0.1, -0.05) is 51.4 Å². The molecule has 4 atom stereocenters. The van der Waals surface area contributed by atoms with E-state index < -0.39 is 0 Å². The van der Waals surface area contributed by atoms with Gasteiger partial charge in [0, 0.05) is 6.08 Å². The van der Waals surface area contributed by atoms with E-state index in [0.29, 0.717) is 23.9 Å². The molecule has 32 heavy (non-hydrogen) atoms. The molecule has 4 heterocycles. The molecular formula is C25H39N5O2. The predicted octanol–water partition coefficient (Wildman–Crippen LogP) is 3.20. The minimum Gasteiger partial charge on any atom is -0.493 e. The number of rotatable bonds is 1. The quantitative estimate of drug-likeness (QED) is 0.468. The van der Waals surface area contributed by atoms with Crippen LogP contribution in [0.1, 0.15) is 84.5 Å². The first-order valence-electron chi connectivity index (χ1n) is 12.8. The van der Waals surface area contributed by atoms with Crippen LogP contribution >= 0.6 is 0 Å². The van der Waals surface area contributed by atoms with Gasteiger partial charge in [-0.05, 0) is 39.0 Å². The molecule has 5 aliphatic rings. The molecule has 7 nitrogen and oxygen atoms in total. The highest BCUT2D eigenvalue weighted by molar-refractivity contribution is 6.05. The number of amidine groups is 1. The summed E-state index contributed by atoms with van der Waals surface area (Å²) in [6, 6.07) is 0.410. The van der Waals surface area contributed by atoms with Crippen molar-refractivity contribution < 1.29 is 9.53 Å². The second kappa shape index (κ2) is 9.08. The lowest BCUT2D eigenvalue weighted by Crippen LogP contribution is -2.74. The Morgan fingerprint density at radius 2 is 1.69 bits per heavy atom. The van der Waals surface area contributed by atoms with Gasteiger partial charge in [0.25, 0.3) is 0 Å². The number of ether oxygens (including phenoxy) is 1. The lowest BCUT2D eigenvalue weighted by atomic mass is 9.75. The highest BCUT2D eigenvalue weighted by Gasteiger charge is 2.56. The molecule has 1 saturated carbocycles. The topological polar surface area (TPSA) is 86.8 Å². The van der Waals surface area contributed by atoms with Gasteiger partial charge in [0.15, 0.2) is 5.78 Å². The van der Waals surface area contributed by atoms with Crippen LogP contribution in [0.2, 0.25) is 0 Å². The number of ketones is 1. The van der Waals surface area contributed by atoms with Crippen LogP contribution in [-0.2, 0) is 9.53 Å². The first-order valence-corrected chi connectivity index (χ1v) is 12.8. The summed E-state index contributed by atoms with van der Waals surface area (Å²) in [5.41, 5.74) is 0.492. The summed E-state index contributed by atoms with van der Waals surface area (Å²) < 4.78 is 5.64. The molecule has 0 aromatic carbocycles. The van der Waals surface area contributed by atoms with Crippen LogP contribution < -0.4 is 21.3 Å². The molecule has 5 rings (SSSR count). The first-order chi connectivity index (χ1) is 15.5. The van der Waals surface area contributed by atoms with Crippen LogP contribution in [0.15, 0.2) is 28.2 Å². The number of hydrogen-bond acceptors (Lipinski definition) is 7. The van der Waals surface area contributed by atoms with Crippen molar-refractivity contribution in [2.24, 2.45) is 10.9 Å². The van der Waals surface area contributed by atoms with Gasteiger partial charge in [0.2, 0.25) is 0 Å². The number of carbonyl (C=O) groups excluding carboxylic acids is 1. The number of nitrogens with one attached hydrogen (secondary N) is 4. The number of hydrogen-bond donors (Lipinski definition) is 4. The Hall–Kier alpha value is -2.02. The van der Waals surface area contributed by atoms with E-state index in [0.717, 1.165) is 18.1 Å². The van der Waals surface area contributed by atoms with Crippen LogP contribution in [0, 0.1) is 5.92 Å². The van der Waals surface area contributed by atoms with Crippen molar-refractivity contribution >= 4 is 11.6 Å². The van der Waals surface area contributed by atoms with E-state index in [-0.39, 0.29) is 29.7 Å². The molecule has 0 spiro atoms. The number of fused-ring (bicyclic) bond motifs is 2. The molecule has 7 heteroatoms. The molecule has 2 saturated heterocycles. The summed E-state index contributed by atoms with van der Waals surface area (Å²) in [5.74, 6) is 3.14. The molecule has 0 radical (unpaired) electrons. The second-order valence-corrected chi connectivity index (χ2v) is 10.3. The summed E-state index contributed by atoms with van der Waals surface area (Å²) in [6.07, 6.45) is 15.9. The van der Waals surface area contributed by atoms with E-state index >= 15 is 0 Å². The van der Waals surface area contributed by atoms with Gasteiger partial charge >= 0.3 is 0 Å². The van der Waals surface area contributed by atoms with Gasteiger partial charge in [0.05, 0.1) is 29.3 Å². The SMILES string of the molecule is CC1=CC(=O)C(=C2NC3CC4N=C(C)NC4(C4CCCCCCCCCC4)NC3N2)CO1. The van der Waals surface area contributed by atoms with Crippen LogP contribution in [-0.4, -0.2) is 42.1 Å².